The van der Waals surface area contributed by atoms with Crippen LogP contribution in [0.1, 0.15) is 60.3 Å². The Morgan fingerprint density at radius 2 is 1.57 bits per heavy atom. The van der Waals surface area contributed by atoms with Crippen molar-refractivity contribution in [3.05, 3.63) is 95.2 Å². The first kappa shape index (κ1) is 23.1. The van der Waals surface area contributed by atoms with E-state index in [1.54, 1.807) is 16.2 Å². The number of benzene rings is 4. The van der Waals surface area contributed by atoms with Crippen molar-refractivity contribution in [3.63, 3.8) is 0 Å². The van der Waals surface area contributed by atoms with Gasteiger partial charge in [0.2, 0.25) is 5.69 Å². The molecule has 0 bridgehead atoms. The molecule has 2 heterocycles. The van der Waals surface area contributed by atoms with E-state index in [-0.39, 0.29) is 0 Å². The fraction of sp³-hybridized carbons (Fsp3) is 0.286. The Balaban J connectivity index is 1.66. The summed E-state index contributed by atoms with van der Waals surface area (Å²) in [7, 11) is 1.57. The minimum Gasteiger partial charge on any atom is -0.200 e. The van der Waals surface area contributed by atoms with Gasteiger partial charge in [0.1, 0.15) is 7.05 Å². The average Bonchev–Trinajstić information content (AvgIpc) is 2.93. The van der Waals surface area contributed by atoms with Gasteiger partial charge in [0.15, 0.2) is 6.20 Å². The average molecular weight is 501 g/mol. The van der Waals surface area contributed by atoms with Gasteiger partial charge in [-0.2, -0.15) is 0 Å². The van der Waals surface area contributed by atoms with Gasteiger partial charge in [-0.25, -0.2) is 4.57 Å². The lowest BCUT2D eigenvalue weighted by atomic mass is 9.83. The van der Waals surface area contributed by atoms with Crippen molar-refractivity contribution in [2.75, 3.05) is 0 Å². The van der Waals surface area contributed by atoms with Crippen molar-refractivity contribution in [2.45, 2.75) is 58.8 Å². The van der Waals surface area contributed by atoms with E-state index in [0.717, 1.165) is 0 Å². The van der Waals surface area contributed by atoms with Crippen LogP contribution in [0.3, 0.4) is 0 Å². The topological polar surface area (TPSA) is 3.88 Å². The molecule has 4 aromatic carbocycles. The van der Waals surface area contributed by atoms with Crippen LogP contribution < -0.4 is 20.5 Å². The van der Waals surface area contributed by atoms with Gasteiger partial charge in [0, 0.05) is 11.4 Å². The zero-order valence-corrected chi connectivity index (χ0v) is 23.3. The summed E-state index contributed by atoms with van der Waals surface area (Å²) >= 11 is 0. The van der Waals surface area contributed by atoms with Gasteiger partial charge in [-0.3, -0.25) is 0 Å². The normalized spacial score (nSPS) is 17.4. The highest BCUT2D eigenvalue weighted by atomic mass is 31.1. The zero-order valence-electron chi connectivity index (χ0n) is 22.4. The molecular weight excluding hydrogens is 465 g/mol. The second kappa shape index (κ2) is 8.78. The fourth-order valence-corrected chi connectivity index (χ4v) is 10.2. The van der Waals surface area contributed by atoms with Crippen LogP contribution in [0, 0.1) is 20.8 Å². The SMILES string of the molecule is Cc1c2c(c(C)c3c(C)cccc13)P(c1ccccc1)c1cc(C3CCCCC3)cc3cc[n+](C)c-2c13. The monoisotopic (exact) mass is 500 g/mol. The van der Waals surface area contributed by atoms with Crippen molar-refractivity contribution in [2.24, 2.45) is 7.05 Å². The Hall–Kier alpha value is -3.02. The van der Waals surface area contributed by atoms with Crippen molar-refractivity contribution in [1.82, 2.24) is 0 Å². The largest absolute Gasteiger partial charge is 0.221 e. The molecule has 1 aromatic heterocycles. The summed E-state index contributed by atoms with van der Waals surface area (Å²) in [6.07, 6.45) is 9.09. The van der Waals surface area contributed by atoms with Gasteiger partial charge in [-0.15, -0.1) is 0 Å². The smallest absolute Gasteiger partial charge is 0.200 e. The van der Waals surface area contributed by atoms with Crippen molar-refractivity contribution >= 4 is 45.4 Å². The number of pyridine rings is 1. The molecule has 7 rings (SSSR count). The third-order valence-corrected chi connectivity index (χ3v) is 11.7. The Labute approximate surface area is 221 Å². The van der Waals surface area contributed by atoms with Crippen LogP contribution in [0.4, 0.5) is 0 Å². The highest BCUT2D eigenvalue weighted by molar-refractivity contribution is 7.80. The van der Waals surface area contributed by atoms with E-state index >= 15 is 0 Å². The third kappa shape index (κ3) is 3.44. The van der Waals surface area contributed by atoms with Gasteiger partial charge in [-0.05, 0) is 103 Å². The molecule has 0 radical (unpaired) electrons. The summed E-state index contributed by atoms with van der Waals surface area (Å²) in [4.78, 5) is 0. The summed E-state index contributed by atoms with van der Waals surface area (Å²) in [5.41, 5.74) is 8.71. The zero-order chi connectivity index (χ0) is 25.3. The molecule has 1 unspecified atom stereocenters. The molecule has 0 amide bonds. The van der Waals surface area contributed by atoms with Crippen molar-refractivity contribution < 1.29 is 4.57 Å². The Morgan fingerprint density at radius 1 is 0.784 bits per heavy atom. The third-order valence-electron chi connectivity index (χ3n) is 9.05. The first-order valence-corrected chi connectivity index (χ1v) is 15.2. The van der Waals surface area contributed by atoms with Gasteiger partial charge in [0.25, 0.3) is 0 Å². The molecule has 1 aliphatic carbocycles. The Kier molecular flexibility index (Phi) is 5.49. The lowest BCUT2D eigenvalue weighted by molar-refractivity contribution is -0.659. The summed E-state index contributed by atoms with van der Waals surface area (Å²) in [5, 5.41) is 10.3. The molecule has 37 heavy (non-hydrogen) atoms. The lowest BCUT2D eigenvalue weighted by Crippen LogP contribution is -2.38. The molecule has 2 aliphatic rings. The Morgan fingerprint density at radius 3 is 2.35 bits per heavy atom. The first-order valence-electron chi connectivity index (χ1n) is 13.9. The van der Waals surface area contributed by atoms with E-state index in [0.29, 0.717) is 5.92 Å². The number of nitrogens with zero attached hydrogens (tertiary/aromatic N) is 1. The maximum absolute atomic E-state index is 2.64. The molecule has 2 heteroatoms. The van der Waals surface area contributed by atoms with Crippen molar-refractivity contribution in [3.8, 4) is 11.3 Å². The summed E-state index contributed by atoms with van der Waals surface area (Å²) in [6.45, 7) is 7.03. The van der Waals surface area contributed by atoms with Gasteiger partial charge in [0.05, 0.1) is 10.9 Å². The molecule has 1 aliphatic heterocycles. The molecule has 184 valence electrons. The van der Waals surface area contributed by atoms with Crippen LogP contribution in [0.2, 0.25) is 0 Å². The quantitative estimate of drug-likeness (QED) is 0.171. The van der Waals surface area contributed by atoms with Crippen LogP contribution in [-0.4, -0.2) is 0 Å². The molecule has 1 nitrogen and oxygen atoms in total. The highest BCUT2D eigenvalue weighted by Crippen LogP contribution is 2.49. The lowest BCUT2D eigenvalue weighted by Gasteiger charge is -2.33. The van der Waals surface area contributed by atoms with Crippen LogP contribution in [-0.2, 0) is 7.05 Å². The number of rotatable bonds is 2. The maximum Gasteiger partial charge on any atom is 0.221 e. The predicted octanol–water partition coefficient (Wildman–Crippen LogP) is 7.53. The highest BCUT2D eigenvalue weighted by Gasteiger charge is 2.37. The molecule has 5 aromatic rings. The van der Waals surface area contributed by atoms with E-state index < -0.39 is 7.92 Å². The van der Waals surface area contributed by atoms with E-state index in [2.05, 4.69) is 105 Å². The van der Waals surface area contributed by atoms with Crippen LogP contribution in [0.15, 0.2) is 72.9 Å². The molecule has 0 spiro atoms. The number of aryl methyl sites for hydroxylation is 4. The number of hydrogen-bond acceptors (Lipinski definition) is 0. The van der Waals surface area contributed by atoms with Gasteiger partial charge < -0.3 is 0 Å². The molecule has 0 saturated heterocycles. The van der Waals surface area contributed by atoms with Crippen molar-refractivity contribution in [1.29, 1.82) is 0 Å². The predicted molar refractivity (Wildman–Crippen MR) is 160 cm³/mol. The number of hydrogen-bond donors (Lipinski definition) is 0. The fourth-order valence-electron chi connectivity index (χ4n) is 7.28. The van der Waals surface area contributed by atoms with E-state index in [9.17, 15) is 0 Å². The van der Waals surface area contributed by atoms with Gasteiger partial charge >= 0.3 is 0 Å². The maximum atomic E-state index is 2.64. The summed E-state index contributed by atoms with van der Waals surface area (Å²) in [6, 6.07) is 25.8. The minimum absolute atomic E-state index is 0.674. The molecule has 0 N–H and O–H groups in total. The van der Waals surface area contributed by atoms with E-state index in [1.165, 1.54) is 86.9 Å². The van der Waals surface area contributed by atoms with E-state index in [4.69, 9.17) is 0 Å². The van der Waals surface area contributed by atoms with Crippen LogP contribution in [0.25, 0.3) is 32.8 Å². The standard InChI is InChI=1S/C35H35NP/c1-22-12-11-17-29-23(2)32-34-33-26(18-19-36(34)4)20-27(25-13-7-5-8-14-25)21-30(33)37(28-15-9-6-10-16-28)35(32)24(3)31(22)29/h6,9-12,15-21,25H,5,7-8,13-14H2,1-4H3/q+1. The second-order valence-electron chi connectivity index (χ2n) is 11.3. The van der Waals surface area contributed by atoms with Gasteiger partial charge in [-0.1, -0.05) is 73.9 Å². The van der Waals surface area contributed by atoms with Crippen LogP contribution in [0.5, 0.6) is 0 Å². The summed E-state index contributed by atoms with van der Waals surface area (Å²) < 4.78 is 2.39. The molecular formula is C35H35NP+. The molecule has 1 atom stereocenters. The Bertz CT molecular complexity index is 1690. The molecule has 1 saturated carbocycles. The molecule has 1 fully saturated rings. The van der Waals surface area contributed by atoms with Crippen LogP contribution >= 0.6 is 7.92 Å². The minimum atomic E-state index is -0.674. The first-order chi connectivity index (χ1) is 18.0. The van der Waals surface area contributed by atoms with E-state index in [1.807, 2.05) is 0 Å². The summed E-state index contributed by atoms with van der Waals surface area (Å²) in [5.74, 6) is 0.697. The second-order valence-corrected chi connectivity index (χ2v) is 13.4. The number of aromatic nitrogens is 1. The number of fused-ring (bicyclic) bond motifs is 3.